The van der Waals surface area contributed by atoms with Crippen molar-refractivity contribution >= 4 is 0 Å². The van der Waals surface area contributed by atoms with E-state index in [9.17, 15) is 5.11 Å². The first-order chi connectivity index (χ1) is 10.1. The monoisotopic (exact) mass is 292 g/mol. The van der Waals surface area contributed by atoms with Crippen molar-refractivity contribution < 1.29 is 5.11 Å². The first-order valence-electron chi connectivity index (χ1n) is 8.18. The summed E-state index contributed by atoms with van der Waals surface area (Å²) in [6, 6.07) is 10.6. The lowest BCUT2D eigenvalue weighted by Crippen LogP contribution is -2.46. The van der Waals surface area contributed by atoms with E-state index >= 15 is 0 Å². The topological polar surface area (TPSA) is 35.5 Å². The number of nitrogens with one attached hydrogen (secondary N) is 1. The van der Waals surface area contributed by atoms with Crippen molar-refractivity contribution in [2.24, 2.45) is 0 Å². The van der Waals surface area contributed by atoms with Crippen molar-refractivity contribution in [3.8, 4) is 0 Å². The molecule has 0 aliphatic rings. The number of hydrogen-bond acceptors (Lipinski definition) is 3. The molecule has 0 saturated carbocycles. The SMILES string of the molecule is CCCNC(C)(CO)CCCN(C)CCc1ccccc1. The molecule has 1 unspecified atom stereocenters. The fraction of sp³-hybridized carbons (Fsp3) is 0.667. The van der Waals surface area contributed by atoms with E-state index in [0.29, 0.717) is 0 Å². The Bertz CT molecular complexity index is 369. The van der Waals surface area contributed by atoms with Gasteiger partial charge in [-0.1, -0.05) is 37.3 Å². The van der Waals surface area contributed by atoms with Crippen LogP contribution in [-0.4, -0.2) is 48.8 Å². The third kappa shape index (κ3) is 7.60. The molecule has 1 aromatic rings. The van der Waals surface area contributed by atoms with E-state index in [1.165, 1.54) is 5.56 Å². The molecule has 0 aliphatic carbocycles. The Morgan fingerprint density at radius 3 is 2.52 bits per heavy atom. The molecule has 3 heteroatoms. The lowest BCUT2D eigenvalue weighted by molar-refractivity contribution is 0.159. The molecule has 0 spiro atoms. The van der Waals surface area contributed by atoms with Crippen molar-refractivity contribution in [1.29, 1.82) is 0 Å². The van der Waals surface area contributed by atoms with E-state index in [1.54, 1.807) is 0 Å². The molecule has 0 bridgehead atoms. The van der Waals surface area contributed by atoms with Crippen molar-refractivity contribution in [2.75, 3.05) is 33.3 Å². The Balaban J connectivity index is 2.21. The Kier molecular flexibility index (Phi) is 8.58. The molecule has 0 saturated heterocycles. The predicted molar refractivity (Wildman–Crippen MR) is 90.7 cm³/mol. The van der Waals surface area contributed by atoms with E-state index in [0.717, 1.165) is 45.3 Å². The van der Waals surface area contributed by atoms with Crippen LogP contribution in [0.3, 0.4) is 0 Å². The number of aliphatic hydroxyl groups excluding tert-OH is 1. The van der Waals surface area contributed by atoms with E-state index in [2.05, 4.69) is 61.4 Å². The highest BCUT2D eigenvalue weighted by Crippen LogP contribution is 2.12. The van der Waals surface area contributed by atoms with Gasteiger partial charge in [-0.25, -0.2) is 0 Å². The van der Waals surface area contributed by atoms with Crippen LogP contribution in [0, 0.1) is 0 Å². The van der Waals surface area contributed by atoms with E-state index in [-0.39, 0.29) is 12.1 Å². The fourth-order valence-electron chi connectivity index (χ4n) is 2.47. The minimum absolute atomic E-state index is 0.129. The summed E-state index contributed by atoms with van der Waals surface area (Å²) < 4.78 is 0. The van der Waals surface area contributed by atoms with Crippen LogP contribution in [-0.2, 0) is 6.42 Å². The Morgan fingerprint density at radius 2 is 1.90 bits per heavy atom. The van der Waals surface area contributed by atoms with Gasteiger partial charge in [0, 0.05) is 12.1 Å². The first kappa shape index (κ1) is 18.1. The molecule has 0 heterocycles. The Morgan fingerprint density at radius 1 is 1.19 bits per heavy atom. The molecule has 2 N–H and O–H groups in total. The van der Waals surface area contributed by atoms with E-state index in [4.69, 9.17) is 0 Å². The van der Waals surface area contributed by atoms with Crippen LogP contribution in [0.1, 0.15) is 38.7 Å². The lowest BCUT2D eigenvalue weighted by atomic mass is 9.96. The summed E-state index contributed by atoms with van der Waals surface area (Å²) in [7, 11) is 2.18. The predicted octanol–water partition coefficient (Wildman–Crippen LogP) is 2.69. The molecule has 0 radical (unpaired) electrons. The highest BCUT2D eigenvalue weighted by atomic mass is 16.3. The number of likely N-dealkylation sites (N-methyl/N-ethyl adjacent to an activating group) is 1. The van der Waals surface area contributed by atoms with Gasteiger partial charge in [-0.15, -0.1) is 0 Å². The second-order valence-corrected chi connectivity index (χ2v) is 6.29. The summed E-state index contributed by atoms with van der Waals surface area (Å²) in [6.45, 7) is 7.62. The molecular weight excluding hydrogens is 260 g/mol. The summed E-state index contributed by atoms with van der Waals surface area (Å²) in [5, 5.41) is 13.0. The van der Waals surface area contributed by atoms with Gasteiger partial charge in [0.15, 0.2) is 0 Å². The van der Waals surface area contributed by atoms with Crippen molar-refractivity contribution in [3.05, 3.63) is 35.9 Å². The minimum Gasteiger partial charge on any atom is -0.394 e. The van der Waals surface area contributed by atoms with Crippen LogP contribution < -0.4 is 5.32 Å². The van der Waals surface area contributed by atoms with Gasteiger partial charge in [0.2, 0.25) is 0 Å². The van der Waals surface area contributed by atoms with Crippen LogP contribution >= 0.6 is 0 Å². The van der Waals surface area contributed by atoms with Gasteiger partial charge in [-0.3, -0.25) is 0 Å². The standard InChI is InChI=1S/C18H32N2O/c1-4-13-19-18(2,16-21)12-8-14-20(3)15-11-17-9-6-5-7-10-17/h5-7,9-10,19,21H,4,8,11-16H2,1-3H3. The van der Waals surface area contributed by atoms with E-state index < -0.39 is 0 Å². The first-order valence-corrected chi connectivity index (χ1v) is 8.18. The molecular formula is C18H32N2O. The summed E-state index contributed by atoms with van der Waals surface area (Å²) >= 11 is 0. The number of rotatable bonds is 11. The second kappa shape index (κ2) is 9.93. The van der Waals surface area contributed by atoms with Gasteiger partial charge in [0.25, 0.3) is 0 Å². The van der Waals surface area contributed by atoms with Crippen LogP contribution in [0.25, 0.3) is 0 Å². The molecule has 0 fully saturated rings. The number of benzene rings is 1. The third-order valence-electron chi connectivity index (χ3n) is 4.04. The summed E-state index contributed by atoms with van der Waals surface area (Å²) in [5.41, 5.74) is 1.27. The van der Waals surface area contributed by atoms with Crippen LogP contribution in [0.2, 0.25) is 0 Å². The van der Waals surface area contributed by atoms with Gasteiger partial charge in [0.1, 0.15) is 0 Å². The Hall–Kier alpha value is -0.900. The number of aliphatic hydroxyl groups is 1. The summed E-state index contributed by atoms with van der Waals surface area (Å²) in [4.78, 5) is 2.38. The van der Waals surface area contributed by atoms with Crippen LogP contribution in [0.15, 0.2) is 30.3 Å². The third-order valence-corrected chi connectivity index (χ3v) is 4.04. The second-order valence-electron chi connectivity index (χ2n) is 6.29. The van der Waals surface area contributed by atoms with Crippen molar-refractivity contribution in [3.63, 3.8) is 0 Å². The molecule has 1 aromatic carbocycles. The quantitative estimate of drug-likeness (QED) is 0.658. The normalized spacial score (nSPS) is 14.3. The fourth-order valence-corrected chi connectivity index (χ4v) is 2.47. The van der Waals surface area contributed by atoms with Crippen molar-refractivity contribution in [2.45, 2.75) is 45.1 Å². The molecule has 0 aliphatic heterocycles. The largest absolute Gasteiger partial charge is 0.394 e. The molecule has 21 heavy (non-hydrogen) atoms. The summed E-state index contributed by atoms with van der Waals surface area (Å²) in [6.07, 6.45) is 4.33. The maximum atomic E-state index is 9.55. The zero-order valence-corrected chi connectivity index (χ0v) is 13.9. The molecule has 0 amide bonds. The highest BCUT2D eigenvalue weighted by Gasteiger charge is 2.21. The Labute approximate surface area is 130 Å². The average molecular weight is 292 g/mol. The van der Waals surface area contributed by atoms with Gasteiger partial charge in [0.05, 0.1) is 6.61 Å². The summed E-state index contributed by atoms with van der Waals surface area (Å²) in [5.74, 6) is 0. The van der Waals surface area contributed by atoms with Crippen molar-refractivity contribution in [1.82, 2.24) is 10.2 Å². The highest BCUT2D eigenvalue weighted by molar-refractivity contribution is 5.14. The van der Waals surface area contributed by atoms with E-state index in [1.807, 2.05) is 0 Å². The van der Waals surface area contributed by atoms with Gasteiger partial charge in [-0.05, 0) is 58.3 Å². The number of nitrogens with zero attached hydrogens (tertiary/aromatic N) is 1. The van der Waals surface area contributed by atoms with Crippen LogP contribution in [0.4, 0.5) is 0 Å². The lowest BCUT2D eigenvalue weighted by Gasteiger charge is -2.29. The minimum atomic E-state index is -0.129. The smallest absolute Gasteiger partial charge is 0.0610 e. The van der Waals surface area contributed by atoms with Crippen LogP contribution in [0.5, 0.6) is 0 Å². The zero-order chi connectivity index (χ0) is 15.6. The zero-order valence-electron chi connectivity index (χ0n) is 13.9. The van der Waals surface area contributed by atoms with Gasteiger partial charge < -0.3 is 15.3 Å². The average Bonchev–Trinajstić information content (AvgIpc) is 2.52. The van der Waals surface area contributed by atoms with Gasteiger partial charge >= 0.3 is 0 Å². The number of hydrogen-bond donors (Lipinski definition) is 2. The maximum Gasteiger partial charge on any atom is 0.0610 e. The molecule has 120 valence electrons. The van der Waals surface area contributed by atoms with Gasteiger partial charge in [-0.2, -0.15) is 0 Å². The molecule has 1 rings (SSSR count). The molecule has 0 aromatic heterocycles. The maximum absolute atomic E-state index is 9.55. The molecule has 1 atom stereocenters. The molecule has 3 nitrogen and oxygen atoms in total.